The first-order valence-corrected chi connectivity index (χ1v) is 6.36. The Morgan fingerprint density at radius 1 is 1.29 bits per heavy atom. The van der Waals surface area contributed by atoms with Gasteiger partial charge in [0.1, 0.15) is 0 Å². The number of carboxylic acids is 1. The molecule has 2 rings (SSSR count). The normalized spacial score (nSPS) is 9.95. The molecule has 108 valence electrons. The molecule has 2 N–H and O–H groups in total. The fraction of sp³-hybridized carbons (Fsp3) is 0.0714. The highest BCUT2D eigenvalue weighted by Gasteiger charge is 2.11. The highest BCUT2D eigenvalue weighted by molar-refractivity contribution is 7.80. The van der Waals surface area contributed by atoms with E-state index in [0.717, 1.165) is 5.56 Å². The highest BCUT2D eigenvalue weighted by Crippen LogP contribution is 2.16. The lowest BCUT2D eigenvalue weighted by Crippen LogP contribution is -2.34. The summed E-state index contributed by atoms with van der Waals surface area (Å²) >= 11 is 5.01. The van der Waals surface area contributed by atoms with Crippen molar-refractivity contribution in [3.8, 4) is 0 Å². The van der Waals surface area contributed by atoms with Gasteiger partial charge in [-0.15, -0.1) is 0 Å². The molecular weight excluding hydrogens is 292 g/mol. The summed E-state index contributed by atoms with van der Waals surface area (Å²) in [6, 6.07) is 7.51. The number of anilines is 1. The molecule has 0 radical (unpaired) electrons. The van der Waals surface area contributed by atoms with Crippen molar-refractivity contribution < 1.29 is 19.1 Å². The van der Waals surface area contributed by atoms with Crippen LogP contribution in [0, 0.1) is 6.92 Å². The monoisotopic (exact) mass is 303 g/mol. The maximum atomic E-state index is 11.7. The molecule has 0 aliphatic rings. The molecule has 0 saturated carbocycles. The number of nitrogens with one attached hydrogen (secondary N) is 2. The fourth-order valence-electron chi connectivity index (χ4n) is 1.61. The molecule has 0 unspecified atom stereocenters. The molecule has 7 heteroatoms. The number of amides is 1. The van der Waals surface area contributed by atoms with Crippen LogP contribution < -0.4 is 15.7 Å². The molecule has 0 atom stereocenters. The van der Waals surface area contributed by atoms with E-state index in [1.807, 2.05) is 0 Å². The van der Waals surface area contributed by atoms with Gasteiger partial charge in [-0.1, -0.05) is 12.1 Å². The molecule has 0 saturated heterocycles. The Morgan fingerprint density at radius 2 is 2.05 bits per heavy atom. The molecule has 1 heterocycles. The summed E-state index contributed by atoms with van der Waals surface area (Å²) in [6.45, 7) is 1.78. The lowest BCUT2D eigenvalue weighted by Gasteiger charge is -2.13. The molecule has 0 aliphatic heterocycles. The van der Waals surface area contributed by atoms with Crippen LogP contribution in [0.2, 0.25) is 0 Å². The Balaban J connectivity index is 2.07. The molecular formula is C14H11N2O4S-. The van der Waals surface area contributed by atoms with Gasteiger partial charge in [0.15, 0.2) is 10.9 Å². The van der Waals surface area contributed by atoms with E-state index < -0.39 is 11.9 Å². The van der Waals surface area contributed by atoms with Gasteiger partial charge in [-0.25, -0.2) is 0 Å². The van der Waals surface area contributed by atoms with Crippen molar-refractivity contribution in [1.82, 2.24) is 5.32 Å². The van der Waals surface area contributed by atoms with Gasteiger partial charge in [-0.05, 0) is 48.5 Å². The van der Waals surface area contributed by atoms with Crippen LogP contribution in [0.4, 0.5) is 5.69 Å². The molecule has 1 aromatic carbocycles. The van der Waals surface area contributed by atoms with Crippen LogP contribution in [0.5, 0.6) is 0 Å². The third kappa shape index (κ3) is 3.67. The summed E-state index contributed by atoms with van der Waals surface area (Å²) in [7, 11) is 0. The van der Waals surface area contributed by atoms with Crippen LogP contribution in [-0.4, -0.2) is 17.0 Å². The number of benzene rings is 1. The number of hydrogen-bond acceptors (Lipinski definition) is 5. The molecule has 0 aliphatic carbocycles. The number of thiocarbonyl (C=S) groups is 1. The zero-order valence-electron chi connectivity index (χ0n) is 11.0. The topological polar surface area (TPSA) is 94.4 Å². The van der Waals surface area contributed by atoms with Crippen LogP contribution in [0.1, 0.15) is 26.5 Å². The number of aryl methyl sites for hydroxylation is 1. The summed E-state index contributed by atoms with van der Waals surface area (Å²) in [6.07, 6.45) is 1.37. The second kappa shape index (κ2) is 6.19. The first-order chi connectivity index (χ1) is 9.97. The number of furan rings is 1. The lowest BCUT2D eigenvalue weighted by atomic mass is 10.1. The molecule has 0 spiro atoms. The van der Waals surface area contributed by atoms with Crippen molar-refractivity contribution in [2.24, 2.45) is 0 Å². The standard InChI is InChI=1S/C14H12N2O4S/c1-8-4-5-9(13(18)19)7-10(8)15-14(21)16-12(17)11-3-2-6-20-11/h2-7H,1H3,(H,18,19)(H2,15,16,17,21)/p-1. The maximum Gasteiger partial charge on any atom is 0.293 e. The third-order valence-corrected chi connectivity index (χ3v) is 2.90. The Morgan fingerprint density at radius 3 is 2.67 bits per heavy atom. The molecule has 1 aromatic heterocycles. The first kappa shape index (κ1) is 14.7. The van der Waals surface area contributed by atoms with E-state index in [0.29, 0.717) is 5.69 Å². The van der Waals surface area contributed by atoms with Gasteiger partial charge in [0.05, 0.1) is 12.2 Å². The van der Waals surface area contributed by atoms with E-state index in [9.17, 15) is 14.7 Å². The third-order valence-electron chi connectivity index (χ3n) is 2.69. The minimum absolute atomic E-state index is 0.0169. The van der Waals surface area contributed by atoms with E-state index in [1.165, 1.54) is 24.5 Å². The van der Waals surface area contributed by atoms with Crippen LogP contribution in [0.3, 0.4) is 0 Å². The van der Waals surface area contributed by atoms with E-state index in [4.69, 9.17) is 16.6 Å². The van der Waals surface area contributed by atoms with Crippen LogP contribution in [-0.2, 0) is 0 Å². The van der Waals surface area contributed by atoms with Gasteiger partial charge in [-0.2, -0.15) is 0 Å². The predicted molar refractivity (Wildman–Crippen MR) is 77.9 cm³/mol. The molecule has 21 heavy (non-hydrogen) atoms. The summed E-state index contributed by atoms with van der Waals surface area (Å²) in [5.41, 5.74) is 1.26. The molecule has 0 fully saturated rings. The van der Waals surface area contributed by atoms with Gasteiger partial charge in [-0.3, -0.25) is 10.1 Å². The number of carbonyl (C=O) groups is 2. The number of carbonyl (C=O) groups excluding carboxylic acids is 2. The number of rotatable bonds is 3. The average molecular weight is 303 g/mol. The van der Waals surface area contributed by atoms with Crippen molar-refractivity contribution in [2.75, 3.05) is 5.32 Å². The number of aromatic carboxylic acids is 1. The van der Waals surface area contributed by atoms with Gasteiger partial charge in [0.2, 0.25) is 0 Å². The molecule has 1 amide bonds. The number of carboxylic acid groups (broad SMARTS) is 1. The summed E-state index contributed by atoms with van der Waals surface area (Å²) in [5.74, 6) is -1.66. The Kier molecular flexibility index (Phi) is 4.34. The minimum Gasteiger partial charge on any atom is -0.545 e. The molecule has 0 bridgehead atoms. The zero-order valence-corrected chi connectivity index (χ0v) is 11.8. The summed E-state index contributed by atoms with van der Waals surface area (Å²) in [5, 5.41) is 16.1. The fourth-order valence-corrected chi connectivity index (χ4v) is 1.81. The molecule has 2 aromatic rings. The largest absolute Gasteiger partial charge is 0.545 e. The Bertz CT molecular complexity index is 695. The van der Waals surface area contributed by atoms with E-state index in [1.54, 1.807) is 19.1 Å². The first-order valence-electron chi connectivity index (χ1n) is 5.95. The van der Waals surface area contributed by atoms with Crippen molar-refractivity contribution in [3.63, 3.8) is 0 Å². The van der Waals surface area contributed by atoms with Crippen molar-refractivity contribution in [2.45, 2.75) is 6.92 Å². The van der Waals surface area contributed by atoms with Gasteiger partial charge in [0, 0.05) is 5.69 Å². The van der Waals surface area contributed by atoms with Gasteiger partial charge in [0.25, 0.3) is 5.91 Å². The smallest absolute Gasteiger partial charge is 0.293 e. The lowest BCUT2D eigenvalue weighted by molar-refractivity contribution is -0.255. The SMILES string of the molecule is Cc1ccc(C(=O)[O-])cc1NC(=S)NC(=O)c1ccco1. The quantitative estimate of drug-likeness (QED) is 0.824. The zero-order chi connectivity index (χ0) is 15.4. The van der Waals surface area contributed by atoms with Crippen LogP contribution in [0.15, 0.2) is 41.0 Å². The Hall–Kier alpha value is -2.67. The van der Waals surface area contributed by atoms with E-state index in [-0.39, 0.29) is 16.4 Å². The van der Waals surface area contributed by atoms with E-state index >= 15 is 0 Å². The maximum absolute atomic E-state index is 11.7. The second-order valence-corrected chi connectivity index (χ2v) is 4.61. The highest BCUT2D eigenvalue weighted by atomic mass is 32.1. The summed E-state index contributed by atoms with van der Waals surface area (Å²) in [4.78, 5) is 22.6. The second-order valence-electron chi connectivity index (χ2n) is 4.20. The predicted octanol–water partition coefficient (Wildman–Crippen LogP) is 1.08. The van der Waals surface area contributed by atoms with Crippen LogP contribution in [0.25, 0.3) is 0 Å². The number of hydrogen-bond donors (Lipinski definition) is 2. The van der Waals surface area contributed by atoms with Crippen molar-refractivity contribution >= 4 is 34.9 Å². The van der Waals surface area contributed by atoms with Gasteiger partial charge >= 0.3 is 0 Å². The minimum atomic E-state index is -1.29. The average Bonchev–Trinajstić information content (AvgIpc) is 2.95. The molecule has 6 nitrogen and oxygen atoms in total. The van der Waals surface area contributed by atoms with Crippen LogP contribution >= 0.6 is 12.2 Å². The van der Waals surface area contributed by atoms with Crippen molar-refractivity contribution in [3.05, 3.63) is 53.5 Å². The Labute approximate surface area is 125 Å². The summed E-state index contributed by atoms with van der Waals surface area (Å²) < 4.78 is 4.94. The van der Waals surface area contributed by atoms with Crippen molar-refractivity contribution in [1.29, 1.82) is 0 Å². The van der Waals surface area contributed by atoms with E-state index in [2.05, 4.69) is 10.6 Å². The van der Waals surface area contributed by atoms with Gasteiger partial charge < -0.3 is 19.6 Å².